The van der Waals surface area contributed by atoms with Crippen molar-refractivity contribution in [3.05, 3.63) is 42.0 Å². The lowest BCUT2D eigenvalue weighted by Crippen LogP contribution is -2.43. The lowest BCUT2D eigenvalue weighted by atomic mass is 9.88. The summed E-state index contributed by atoms with van der Waals surface area (Å²) in [5.41, 5.74) is 1.26. The van der Waals surface area contributed by atoms with Crippen LogP contribution in [-0.4, -0.2) is 19.0 Å². The van der Waals surface area contributed by atoms with Crippen LogP contribution < -0.4 is 0 Å². The molecule has 0 amide bonds. The fraction of sp³-hybridized carbons (Fsp3) is 0.467. The molecule has 0 bridgehead atoms. The molecule has 17 heavy (non-hydrogen) atoms. The van der Waals surface area contributed by atoms with E-state index in [0.29, 0.717) is 0 Å². The second-order valence-corrected chi connectivity index (χ2v) is 5.22. The third kappa shape index (κ3) is 3.18. The van der Waals surface area contributed by atoms with E-state index in [0.717, 1.165) is 12.2 Å². The third-order valence-electron chi connectivity index (χ3n) is 3.30. The highest BCUT2D eigenvalue weighted by Gasteiger charge is 2.34. The van der Waals surface area contributed by atoms with E-state index < -0.39 is 0 Å². The van der Waals surface area contributed by atoms with E-state index >= 15 is 0 Å². The van der Waals surface area contributed by atoms with Gasteiger partial charge in [-0.15, -0.1) is 0 Å². The molecule has 0 aliphatic carbocycles. The van der Waals surface area contributed by atoms with Gasteiger partial charge in [0.1, 0.15) is 0 Å². The van der Waals surface area contributed by atoms with Gasteiger partial charge < -0.3 is 9.47 Å². The average molecular weight is 232 g/mol. The Morgan fingerprint density at radius 3 is 2.59 bits per heavy atom. The molecule has 1 fully saturated rings. The van der Waals surface area contributed by atoms with Crippen molar-refractivity contribution < 1.29 is 9.47 Å². The minimum Gasteiger partial charge on any atom is -0.348 e. The van der Waals surface area contributed by atoms with Crippen molar-refractivity contribution in [2.45, 2.75) is 33.2 Å². The third-order valence-corrected chi connectivity index (χ3v) is 3.30. The molecule has 0 saturated carbocycles. The number of rotatable bonds is 2. The van der Waals surface area contributed by atoms with Gasteiger partial charge in [-0.05, 0) is 18.6 Å². The van der Waals surface area contributed by atoms with Crippen LogP contribution in [-0.2, 0) is 9.47 Å². The highest BCUT2D eigenvalue weighted by atomic mass is 16.7. The topological polar surface area (TPSA) is 18.5 Å². The quantitative estimate of drug-likeness (QED) is 0.777. The lowest BCUT2D eigenvalue weighted by molar-refractivity contribution is -0.232. The van der Waals surface area contributed by atoms with E-state index in [1.165, 1.54) is 0 Å². The molecule has 1 aromatic rings. The van der Waals surface area contributed by atoms with Crippen molar-refractivity contribution in [1.29, 1.82) is 0 Å². The van der Waals surface area contributed by atoms with Crippen LogP contribution in [0.15, 0.2) is 36.4 Å². The van der Waals surface area contributed by atoms with Crippen LogP contribution in [0.3, 0.4) is 0 Å². The molecule has 1 aliphatic rings. The molecule has 0 spiro atoms. The summed E-state index contributed by atoms with van der Waals surface area (Å²) in [7, 11) is 0. The average Bonchev–Trinajstić information content (AvgIpc) is 2.32. The van der Waals surface area contributed by atoms with Crippen molar-refractivity contribution in [2.75, 3.05) is 6.61 Å². The maximum Gasteiger partial charge on any atom is 0.177 e. The summed E-state index contributed by atoms with van der Waals surface area (Å²) < 4.78 is 11.5. The Kier molecular flexibility index (Phi) is 3.65. The Morgan fingerprint density at radius 1 is 1.24 bits per heavy atom. The predicted octanol–water partition coefficient (Wildman–Crippen LogP) is 3.49. The number of benzene rings is 1. The number of hydrogen-bond acceptors (Lipinski definition) is 2. The molecular weight excluding hydrogens is 212 g/mol. The van der Waals surface area contributed by atoms with Gasteiger partial charge in [0.2, 0.25) is 0 Å². The van der Waals surface area contributed by atoms with Crippen LogP contribution in [0.4, 0.5) is 0 Å². The molecule has 1 aromatic carbocycles. The van der Waals surface area contributed by atoms with E-state index in [1.807, 2.05) is 30.4 Å². The molecule has 2 atom stereocenters. The van der Waals surface area contributed by atoms with Gasteiger partial charge >= 0.3 is 0 Å². The molecule has 0 unspecified atom stereocenters. The van der Waals surface area contributed by atoms with E-state index in [2.05, 4.69) is 32.9 Å². The minimum atomic E-state index is -0.224. The molecule has 0 N–H and O–H groups in total. The highest BCUT2D eigenvalue weighted by Crippen LogP contribution is 2.30. The smallest absolute Gasteiger partial charge is 0.177 e. The van der Waals surface area contributed by atoms with Crippen LogP contribution >= 0.6 is 0 Å². The molecule has 0 radical (unpaired) electrons. The Morgan fingerprint density at radius 2 is 1.94 bits per heavy atom. The van der Waals surface area contributed by atoms with E-state index in [9.17, 15) is 0 Å². The van der Waals surface area contributed by atoms with Gasteiger partial charge in [-0.2, -0.15) is 0 Å². The van der Waals surface area contributed by atoms with Crippen LogP contribution in [0.5, 0.6) is 0 Å². The fourth-order valence-electron chi connectivity index (χ4n) is 1.69. The summed E-state index contributed by atoms with van der Waals surface area (Å²) in [5.74, 6) is 0. The van der Waals surface area contributed by atoms with Crippen LogP contribution in [0.1, 0.15) is 26.3 Å². The molecule has 2 heteroatoms. The fourth-order valence-corrected chi connectivity index (χ4v) is 1.69. The van der Waals surface area contributed by atoms with Crippen molar-refractivity contribution >= 4 is 6.08 Å². The van der Waals surface area contributed by atoms with Crippen molar-refractivity contribution in [3.8, 4) is 0 Å². The van der Waals surface area contributed by atoms with Gasteiger partial charge in [0, 0.05) is 5.41 Å². The van der Waals surface area contributed by atoms with Gasteiger partial charge in [0.15, 0.2) is 6.29 Å². The SMILES string of the molecule is C[C@@H]1O[C@@H](/C=C/c2ccccc2)OCC1(C)C. The van der Waals surface area contributed by atoms with Crippen molar-refractivity contribution in [1.82, 2.24) is 0 Å². The van der Waals surface area contributed by atoms with Gasteiger partial charge in [0.05, 0.1) is 12.7 Å². The van der Waals surface area contributed by atoms with Gasteiger partial charge in [0.25, 0.3) is 0 Å². The zero-order valence-electron chi connectivity index (χ0n) is 10.7. The summed E-state index contributed by atoms with van der Waals surface area (Å²) in [6, 6.07) is 10.2. The molecule has 1 aliphatic heterocycles. The second-order valence-electron chi connectivity index (χ2n) is 5.22. The van der Waals surface area contributed by atoms with Crippen LogP contribution in [0, 0.1) is 5.41 Å². The largest absolute Gasteiger partial charge is 0.348 e. The summed E-state index contributed by atoms with van der Waals surface area (Å²) in [6.45, 7) is 7.16. The van der Waals surface area contributed by atoms with E-state index in [1.54, 1.807) is 0 Å². The normalized spacial score (nSPS) is 28.4. The standard InChI is InChI=1S/C15H20O2/c1-12-15(2,3)11-16-14(17-12)10-9-13-7-5-4-6-8-13/h4-10,12,14H,11H2,1-3H3/b10-9+/t12-,14-/m0/s1. The molecule has 1 heterocycles. The Bertz CT molecular complexity index is 381. The first-order valence-electron chi connectivity index (χ1n) is 6.08. The lowest BCUT2D eigenvalue weighted by Gasteiger charge is -2.39. The predicted molar refractivity (Wildman–Crippen MR) is 69.5 cm³/mol. The van der Waals surface area contributed by atoms with Crippen molar-refractivity contribution in [3.63, 3.8) is 0 Å². The maximum absolute atomic E-state index is 5.81. The summed E-state index contributed by atoms with van der Waals surface area (Å²) >= 11 is 0. The van der Waals surface area contributed by atoms with E-state index in [4.69, 9.17) is 9.47 Å². The molecular formula is C15H20O2. The molecule has 2 nitrogen and oxygen atoms in total. The Hall–Kier alpha value is -1.12. The van der Waals surface area contributed by atoms with Crippen molar-refractivity contribution in [2.24, 2.45) is 5.41 Å². The van der Waals surface area contributed by atoms with Crippen LogP contribution in [0.25, 0.3) is 6.08 Å². The molecule has 92 valence electrons. The second kappa shape index (κ2) is 5.03. The Labute approximate surface area is 103 Å². The van der Waals surface area contributed by atoms with Crippen LogP contribution in [0.2, 0.25) is 0 Å². The molecule has 2 rings (SSSR count). The number of ether oxygens (including phenoxy) is 2. The summed E-state index contributed by atoms with van der Waals surface area (Å²) in [4.78, 5) is 0. The first kappa shape index (κ1) is 12.3. The maximum atomic E-state index is 5.81. The monoisotopic (exact) mass is 232 g/mol. The number of hydrogen-bond donors (Lipinski definition) is 0. The summed E-state index contributed by atoms with van der Waals surface area (Å²) in [6.07, 6.45) is 4.00. The molecule has 1 saturated heterocycles. The highest BCUT2D eigenvalue weighted by molar-refractivity contribution is 5.48. The minimum absolute atomic E-state index is 0.0943. The zero-order chi connectivity index (χ0) is 12.3. The van der Waals surface area contributed by atoms with Gasteiger partial charge in [-0.25, -0.2) is 0 Å². The first-order chi connectivity index (χ1) is 8.08. The molecule has 0 aromatic heterocycles. The van der Waals surface area contributed by atoms with Gasteiger partial charge in [-0.1, -0.05) is 50.3 Å². The zero-order valence-corrected chi connectivity index (χ0v) is 10.7. The van der Waals surface area contributed by atoms with E-state index in [-0.39, 0.29) is 17.8 Å². The summed E-state index contributed by atoms with van der Waals surface area (Å²) in [5, 5.41) is 0. The first-order valence-corrected chi connectivity index (χ1v) is 6.08. The Balaban J connectivity index is 1.96. The van der Waals surface area contributed by atoms with Gasteiger partial charge in [-0.3, -0.25) is 0 Å².